The maximum atomic E-state index is 12.1. The first kappa shape index (κ1) is 12.4. The van der Waals surface area contributed by atoms with Gasteiger partial charge in [0.15, 0.2) is 11.4 Å². The van der Waals surface area contributed by atoms with Crippen LogP contribution in [0.2, 0.25) is 0 Å². The predicted molar refractivity (Wildman–Crippen MR) is 61.2 cm³/mol. The van der Waals surface area contributed by atoms with Gasteiger partial charge in [-0.25, -0.2) is 4.72 Å². The van der Waals surface area contributed by atoms with Crippen LogP contribution < -0.4 is 9.62 Å². The number of hydrogen-bond donors (Lipinski definition) is 1. The van der Waals surface area contributed by atoms with Crippen molar-refractivity contribution in [3.05, 3.63) is 23.8 Å². The number of likely N-dealkylation sites (N-methyl/N-ethyl adjacent to an activating group) is 1. The third kappa shape index (κ3) is 2.61. The van der Waals surface area contributed by atoms with Gasteiger partial charge in [0.1, 0.15) is 0 Å². The number of nitrogens with one attached hydrogen (secondary N) is 1. The molecule has 1 aliphatic heterocycles. The minimum absolute atomic E-state index is 0.231. The average Bonchev–Trinajstić information content (AvgIpc) is 2.59. The number of alkyl halides is 3. The lowest BCUT2D eigenvalue weighted by Gasteiger charge is -2.15. The Kier molecular flexibility index (Phi) is 3.13. The lowest BCUT2D eigenvalue weighted by Crippen LogP contribution is -2.29. The van der Waals surface area contributed by atoms with Crippen molar-refractivity contribution in [2.24, 2.45) is 0 Å². The van der Waals surface area contributed by atoms with Gasteiger partial charge < -0.3 is 9.45 Å². The van der Waals surface area contributed by atoms with Gasteiger partial charge in [0, 0.05) is 19.3 Å². The summed E-state index contributed by atoms with van der Waals surface area (Å²) in [5, 5.41) is 0. The first-order valence-corrected chi connectivity index (χ1v) is 6.12. The zero-order valence-electron chi connectivity index (χ0n) is 9.04. The van der Waals surface area contributed by atoms with E-state index in [0.29, 0.717) is 0 Å². The summed E-state index contributed by atoms with van der Waals surface area (Å²) in [6, 6.07) is 4.85. The molecule has 0 saturated heterocycles. The highest BCUT2D eigenvalue weighted by Crippen LogP contribution is 2.31. The summed E-state index contributed by atoms with van der Waals surface area (Å²) >= 11 is -3.06. The van der Waals surface area contributed by atoms with Crippen LogP contribution in [0.4, 0.5) is 24.5 Å². The summed E-state index contributed by atoms with van der Waals surface area (Å²) in [5.41, 5.74) is -2.53. The van der Waals surface area contributed by atoms with Crippen LogP contribution in [0.3, 0.4) is 0 Å². The van der Waals surface area contributed by atoms with Crippen LogP contribution in [0.15, 0.2) is 18.2 Å². The molecule has 1 aromatic carbocycles. The van der Waals surface area contributed by atoms with E-state index in [9.17, 15) is 17.7 Å². The zero-order valence-corrected chi connectivity index (χ0v) is 9.86. The normalized spacial score (nSPS) is 16.9. The van der Waals surface area contributed by atoms with E-state index in [1.165, 1.54) is 6.07 Å². The minimum Gasteiger partial charge on any atom is -0.586 e. The smallest absolute Gasteiger partial charge is 0.586 e. The molecule has 1 atom stereocenters. The molecule has 17 heavy (non-hydrogen) atoms. The maximum absolute atomic E-state index is 12.1. The molecule has 94 valence electrons. The monoisotopic (exact) mass is 264 g/mol. The fraction of sp³-hybridized carbons (Fsp3) is 0.400. The Hall–Kier alpha value is -1.08. The third-order valence-electron chi connectivity index (χ3n) is 2.63. The molecule has 1 N–H and O–H groups in total. The molecule has 0 spiro atoms. The summed E-state index contributed by atoms with van der Waals surface area (Å²) in [4.78, 5) is 2.03. The van der Waals surface area contributed by atoms with Gasteiger partial charge in [0.05, 0.1) is 5.69 Å². The molecule has 1 unspecified atom stereocenters. The second-order valence-electron chi connectivity index (χ2n) is 3.83. The van der Waals surface area contributed by atoms with E-state index in [4.69, 9.17) is 0 Å². The second kappa shape index (κ2) is 4.30. The highest BCUT2D eigenvalue weighted by atomic mass is 32.2. The Morgan fingerprint density at radius 3 is 2.76 bits per heavy atom. The van der Waals surface area contributed by atoms with Crippen LogP contribution in [-0.2, 0) is 17.8 Å². The fourth-order valence-electron chi connectivity index (χ4n) is 1.80. The Morgan fingerprint density at radius 2 is 2.12 bits per heavy atom. The van der Waals surface area contributed by atoms with Crippen LogP contribution in [-0.4, -0.2) is 23.7 Å². The van der Waals surface area contributed by atoms with Crippen LogP contribution in [0.1, 0.15) is 5.56 Å². The summed E-state index contributed by atoms with van der Waals surface area (Å²) in [6.07, 6.45) is 0.792. The largest absolute Gasteiger partial charge is 0.598 e. The molecule has 0 aromatic heterocycles. The van der Waals surface area contributed by atoms with Gasteiger partial charge in [-0.15, -0.1) is 13.2 Å². The molecule has 0 aliphatic carbocycles. The minimum atomic E-state index is -4.74. The van der Waals surface area contributed by atoms with Gasteiger partial charge in [-0.3, -0.25) is 0 Å². The molecule has 7 heteroatoms. The number of halogens is 3. The van der Waals surface area contributed by atoms with Crippen LogP contribution in [0.25, 0.3) is 0 Å². The molecule has 0 fully saturated rings. The number of benzene rings is 1. The summed E-state index contributed by atoms with van der Waals surface area (Å²) < 4.78 is 49.1. The molecular formula is C10H11F3N2OS. The maximum Gasteiger partial charge on any atom is 0.598 e. The van der Waals surface area contributed by atoms with Crippen molar-refractivity contribution >= 4 is 22.7 Å². The van der Waals surface area contributed by atoms with Crippen LogP contribution in [0.5, 0.6) is 0 Å². The van der Waals surface area contributed by atoms with Crippen molar-refractivity contribution < 1.29 is 17.7 Å². The molecule has 3 nitrogen and oxygen atoms in total. The van der Waals surface area contributed by atoms with Crippen molar-refractivity contribution in [2.45, 2.75) is 11.9 Å². The topological polar surface area (TPSA) is 38.3 Å². The van der Waals surface area contributed by atoms with Gasteiger partial charge in [0.2, 0.25) is 0 Å². The lowest BCUT2D eigenvalue weighted by atomic mass is 10.1. The van der Waals surface area contributed by atoms with E-state index in [-0.39, 0.29) is 5.69 Å². The Labute approximate surface area is 99.9 Å². The van der Waals surface area contributed by atoms with Gasteiger partial charge in [-0.1, -0.05) is 0 Å². The number of hydrogen-bond acceptors (Lipinski definition) is 3. The molecule has 1 aromatic rings. The standard InChI is InChI=1S/C10H11F3N2OS/c1-15-5-4-7-6-8(2-3-9(7)15)14-17(16)10(11,12)13/h2-3,6,14H,4-5H2,1H3. The van der Waals surface area contributed by atoms with E-state index in [0.717, 1.165) is 24.2 Å². The molecule has 1 aliphatic rings. The molecule has 1 heterocycles. The average molecular weight is 264 g/mol. The number of fused-ring (bicyclic) bond motifs is 1. The van der Waals surface area contributed by atoms with Crippen molar-refractivity contribution in [1.82, 2.24) is 0 Å². The zero-order chi connectivity index (χ0) is 12.6. The number of nitrogens with zero attached hydrogens (tertiary/aromatic N) is 1. The predicted octanol–water partition coefficient (Wildman–Crippen LogP) is 2.27. The van der Waals surface area contributed by atoms with Gasteiger partial charge in [-0.05, 0) is 30.2 Å². The van der Waals surface area contributed by atoms with Crippen molar-refractivity contribution in [3.8, 4) is 0 Å². The highest BCUT2D eigenvalue weighted by Gasteiger charge is 2.46. The molecule has 0 radical (unpaired) electrons. The summed E-state index contributed by atoms with van der Waals surface area (Å²) in [5.74, 6) is 0. The first-order valence-electron chi connectivity index (χ1n) is 4.97. The molecule has 0 bridgehead atoms. The second-order valence-corrected chi connectivity index (χ2v) is 5.04. The van der Waals surface area contributed by atoms with E-state index in [1.807, 2.05) is 16.7 Å². The van der Waals surface area contributed by atoms with E-state index in [2.05, 4.69) is 0 Å². The van der Waals surface area contributed by atoms with Gasteiger partial charge >= 0.3 is 5.51 Å². The third-order valence-corrected chi connectivity index (χ3v) is 3.47. The van der Waals surface area contributed by atoms with Gasteiger partial charge in [-0.2, -0.15) is 0 Å². The quantitative estimate of drug-likeness (QED) is 0.833. The Balaban J connectivity index is 2.14. The van der Waals surface area contributed by atoms with Gasteiger partial charge in [0.25, 0.3) is 0 Å². The molecule has 2 rings (SSSR count). The highest BCUT2D eigenvalue weighted by molar-refractivity contribution is 7.93. The molecular weight excluding hydrogens is 253 g/mol. The number of anilines is 2. The van der Waals surface area contributed by atoms with E-state index >= 15 is 0 Å². The summed E-state index contributed by atoms with van der Waals surface area (Å²) in [7, 11) is 1.92. The Bertz CT molecular complexity index is 425. The molecule has 0 saturated carbocycles. The lowest BCUT2D eigenvalue weighted by molar-refractivity contribution is -0.0428. The Morgan fingerprint density at radius 1 is 1.41 bits per heavy atom. The van der Waals surface area contributed by atoms with Crippen molar-refractivity contribution in [2.75, 3.05) is 23.2 Å². The number of rotatable bonds is 2. The van der Waals surface area contributed by atoms with Crippen LogP contribution >= 0.6 is 0 Å². The van der Waals surface area contributed by atoms with Crippen molar-refractivity contribution in [1.29, 1.82) is 0 Å². The molecule has 0 amide bonds. The van der Waals surface area contributed by atoms with Crippen molar-refractivity contribution in [3.63, 3.8) is 0 Å². The fourth-order valence-corrected chi connectivity index (χ4v) is 2.25. The first-order chi connectivity index (χ1) is 7.88. The SMILES string of the molecule is CN1CCc2cc(N[S+]([O-])C(F)(F)F)ccc21. The summed E-state index contributed by atoms with van der Waals surface area (Å²) in [6.45, 7) is 0.848. The van der Waals surface area contributed by atoms with E-state index in [1.54, 1.807) is 12.1 Å². The van der Waals surface area contributed by atoms with Crippen LogP contribution in [0, 0.1) is 0 Å². The van der Waals surface area contributed by atoms with E-state index < -0.39 is 16.9 Å².